The van der Waals surface area contributed by atoms with Gasteiger partial charge in [0.1, 0.15) is 18.2 Å². The molecule has 2 aromatic rings. The van der Waals surface area contributed by atoms with Gasteiger partial charge in [0.15, 0.2) is 5.82 Å². The summed E-state index contributed by atoms with van der Waals surface area (Å²) in [6.45, 7) is 1.23. The minimum Gasteiger partial charge on any atom is -0.313 e. The van der Waals surface area contributed by atoms with Crippen LogP contribution in [-0.4, -0.2) is 29.0 Å². The Kier molecular flexibility index (Phi) is 2.61. The molecule has 0 saturated heterocycles. The van der Waals surface area contributed by atoms with Gasteiger partial charge in [-0.15, -0.1) is 10.2 Å². The van der Waals surface area contributed by atoms with Crippen molar-refractivity contribution in [2.45, 2.75) is 30.8 Å². The Bertz CT molecular complexity index is 853. The molecule has 1 aromatic heterocycles. The number of fused-ring (bicyclic) bond motifs is 2. The number of benzene rings is 1. The average molecular weight is 303 g/mol. The molecular formula is C13H13N5O2S. The number of sulfonamides is 1. The lowest BCUT2D eigenvalue weighted by Crippen LogP contribution is -2.22. The van der Waals surface area contributed by atoms with Gasteiger partial charge in [0.25, 0.3) is 10.0 Å². The molecule has 0 atom stereocenters. The maximum absolute atomic E-state index is 12.0. The monoisotopic (exact) mass is 303 g/mol. The Morgan fingerprint density at radius 1 is 1.29 bits per heavy atom. The van der Waals surface area contributed by atoms with Crippen molar-refractivity contribution < 1.29 is 8.42 Å². The Hall–Kier alpha value is -2.22. The summed E-state index contributed by atoms with van der Waals surface area (Å²) in [6, 6.07) is 6.83. The molecule has 1 aromatic carbocycles. The second kappa shape index (κ2) is 4.39. The van der Waals surface area contributed by atoms with E-state index >= 15 is 0 Å². The second-order valence-corrected chi connectivity index (χ2v) is 6.70. The van der Waals surface area contributed by atoms with Gasteiger partial charge >= 0.3 is 0 Å². The summed E-state index contributed by atoms with van der Waals surface area (Å²) in [7, 11) is -3.48. The fraction of sp³-hybridized carbons (Fsp3) is 0.308. The molecule has 0 amide bonds. The number of hydrogen-bond donors (Lipinski definition) is 1. The minimum atomic E-state index is -3.48. The van der Waals surface area contributed by atoms with Crippen LogP contribution in [0.5, 0.6) is 0 Å². The Labute approximate surface area is 121 Å². The minimum absolute atomic E-state index is 0.273. The molecular weight excluding hydrogens is 290 g/mol. The standard InChI is InChI=1S/C13H13N5O2S/c19-21(20)10-5-2-1-4-9(10)13(17-21)14-8-12-16-15-11-6-3-7-18(11)12/h1-2,4-5H,3,6-8H2,(H,14,17). The first-order valence-corrected chi connectivity index (χ1v) is 8.21. The van der Waals surface area contributed by atoms with Gasteiger partial charge in [-0.2, -0.15) is 0 Å². The number of nitrogens with one attached hydrogen (secondary N) is 1. The van der Waals surface area contributed by atoms with Crippen LogP contribution in [0.15, 0.2) is 34.2 Å². The largest absolute Gasteiger partial charge is 0.313 e. The van der Waals surface area contributed by atoms with Gasteiger partial charge in [-0.1, -0.05) is 12.1 Å². The van der Waals surface area contributed by atoms with E-state index in [4.69, 9.17) is 0 Å². The highest BCUT2D eigenvalue weighted by Crippen LogP contribution is 2.22. The SMILES string of the molecule is O=S1(=O)NC(=NCc2nnc3n2CCC3)c2ccccc21. The number of aliphatic imine (C=N–C) groups is 1. The zero-order valence-electron chi connectivity index (χ0n) is 11.2. The molecule has 21 heavy (non-hydrogen) atoms. The van der Waals surface area contributed by atoms with E-state index in [2.05, 4.69) is 24.5 Å². The van der Waals surface area contributed by atoms with Crippen LogP contribution in [0.3, 0.4) is 0 Å². The van der Waals surface area contributed by atoms with Crippen LogP contribution in [-0.2, 0) is 29.5 Å². The zero-order valence-corrected chi connectivity index (χ0v) is 12.0. The number of nitrogens with zero attached hydrogens (tertiary/aromatic N) is 4. The molecule has 3 heterocycles. The molecule has 108 valence electrons. The maximum Gasteiger partial charge on any atom is 0.263 e. The van der Waals surface area contributed by atoms with Crippen LogP contribution in [0.1, 0.15) is 23.6 Å². The second-order valence-electron chi connectivity index (χ2n) is 5.05. The molecule has 0 saturated carbocycles. The number of aryl methyl sites for hydroxylation is 1. The zero-order chi connectivity index (χ0) is 14.4. The topological polar surface area (TPSA) is 89.2 Å². The van der Waals surface area contributed by atoms with E-state index in [1.807, 2.05) is 0 Å². The van der Waals surface area contributed by atoms with Crippen molar-refractivity contribution in [2.75, 3.05) is 0 Å². The molecule has 0 bridgehead atoms. The van der Waals surface area contributed by atoms with Crippen LogP contribution in [0.4, 0.5) is 0 Å². The highest BCUT2D eigenvalue weighted by molar-refractivity contribution is 7.90. The highest BCUT2D eigenvalue weighted by atomic mass is 32.2. The van der Waals surface area contributed by atoms with Crippen molar-refractivity contribution in [3.05, 3.63) is 41.5 Å². The summed E-state index contributed by atoms with van der Waals surface area (Å²) in [5, 5.41) is 8.24. The Balaban J connectivity index is 1.68. The summed E-state index contributed by atoms with van der Waals surface area (Å²) in [6.07, 6.45) is 2.02. The van der Waals surface area contributed by atoms with Crippen molar-refractivity contribution in [1.82, 2.24) is 19.5 Å². The lowest BCUT2D eigenvalue weighted by molar-refractivity contribution is 0.595. The molecule has 0 spiro atoms. The molecule has 2 aliphatic heterocycles. The predicted octanol–water partition coefficient (Wildman–Crippen LogP) is 0.463. The quantitative estimate of drug-likeness (QED) is 0.873. The van der Waals surface area contributed by atoms with Gasteiger partial charge in [-0.25, -0.2) is 8.42 Å². The molecule has 0 fully saturated rings. The normalized spacial score (nSPS) is 20.3. The van der Waals surface area contributed by atoms with Gasteiger partial charge in [0.2, 0.25) is 0 Å². The molecule has 0 unspecified atom stereocenters. The summed E-state index contributed by atoms with van der Waals surface area (Å²) in [4.78, 5) is 4.66. The van der Waals surface area contributed by atoms with Gasteiger partial charge in [0, 0.05) is 18.5 Å². The summed E-state index contributed by atoms with van der Waals surface area (Å²) < 4.78 is 28.5. The molecule has 1 N–H and O–H groups in total. The van der Waals surface area contributed by atoms with E-state index in [0.717, 1.165) is 31.0 Å². The van der Waals surface area contributed by atoms with Crippen molar-refractivity contribution in [3.8, 4) is 0 Å². The third kappa shape index (κ3) is 1.94. The molecule has 0 aliphatic carbocycles. The van der Waals surface area contributed by atoms with Crippen molar-refractivity contribution in [3.63, 3.8) is 0 Å². The van der Waals surface area contributed by atoms with E-state index in [1.165, 1.54) is 0 Å². The van der Waals surface area contributed by atoms with E-state index < -0.39 is 10.0 Å². The Morgan fingerprint density at radius 2 is 2.14 bits per heavy atom. The van der Waals surface area contributed by atoms with Gasteiger partial charge in [-0.3, -0.25) is 9.71 Å². The number of aromatic nitrogens is 3. The lowest BCUT2D eigenvalue weighted by atomic mass is 10.2. The van der Waals surface area contributed by atoms with Crippen LogP contribution < -0.4 is 4.72 Å². The summed E-state index contributed by atoms with van der Waals surface area (Å²) >= 11 is 0. The average Bonchev–Trinajstić information content (AvgIpc) is 3.12. The van der Waals surface area contributed by atoms with Crippen molar-refractivity contribution in [2.24, 2.45) is 4.99 Å². The van der Waals surface area contributed by atoms with E-state index in [0.29, 0.717) is 17.9 Å². The van der Waals surface area contributed by atoms with Crippen LogP contribution in [0.2, 0.25) is 0 Å². The maximum atomic E-state index is 12.0. The molecule has 2 aliphatic rings. The number of amidine groups is 1. The fourth-order valence-corrected chi connectivity index (χ4v) is 3.98. The highest BCUT2D eigenvalue weighted by Gasteiger charge is 2.30. The number of rotatable bonds is 2. The first-order chi connectivity index (χ1) is 10.1. The molecule has 4 rings (SSSR count). The first-order valence-electron chi connectivity index (χ1n) is 6.73. The van der Waals surface area contributed by atoms with E-state index in [-0.39, 0.29) is 4.90 Å². The molecule has 0 radical (unpaired) electrons. The van der Waals surface area contributed by atoms with Crippen molar-refractivity contribution in [1.29, 1.82) is 0 Å². The van der Waals surface area contributed by atoms with Crippen LogP contribution in [0, 0.1) is 0 Å². The summed E-state index contributed by atoms with van der Waals surface area (Å²) in [5.41, 5.74) is 0.610. The molecule has 8 heteroatoms. The lowest BCUT2D eigenvalue weighted by Gasteiger charge is -2.01. The number of hydrogen-bond acceptors (Lipinski definition) is 5. The van der Waals surface area contributed by atoms with E-state index in [9.17, 15) is 8.42 Å². The third-order valence-corrected chi connectivity index (χ3v) is 5.12. The van der Waals surface area contributed by atoms with Gasteiger partial charge < -0.3 is 4.57 Å². The Morgan fingerprint density at radius 3 is 3.05 bits per heavy atom. The fourth-order valence-electron chi connectivity index (χ4n) is 2.73. The van der Waals surface area contributed by atoms with Crippen LogP contribution in [0.25, 0.3) is 0 Å². The smallest absolute Gasteiger partial charge is 0.263 e. The van der Waals surface area contributed by atoms with Gasteiger partial charge in [0.05, 0.1) is 4.90 Å². The molecule has 7 nitrogen and oxygen atoms in total. The summed E-state index contributed by atoms with van der Waals surface area (Å²) in [5.74, 6) is 2.14. The van der Waals surface area contributed by atoms with Gasteiger partial charge in [-0.05, 0) is 18.6 Å². The first kappa shape index (κ1) is 12.5. The van der Waals surface area contributed by atoms with Crippen molar-refractivity contribution >= 4 is 15.9 Å². The van der Waals surface area contributed by atoms with Crippen LogP contribution >= 0.6 is 0 Å². The third-order valence-electron chi connectivity index (χ3n) is 3.73. The van der Waals surface area contributed by atoms with E-state index in [1.54, 1.807) is 24.3 Å². The predicted molar refractivity (Wildman–Crippen MR) is 75.3 cm³/mol.